The number of nitrogens with zero attached hydrogens (tertiary/aromatic N) is 2. The Morgan fingerprint density at radius 1 is 1.10 bits per heavy atom. The van der Waals surface area contributed by atoms with Crippen molar-refractivity contribution in [3.05, 3.63) is 58.7 Å². The minimum atomic E-state index is -0.625. The number of carbonyl (C=O) groups is 2. The molecule has 0 fully saturated rings. The average Bonchev–Trinajstić information content (AvgIpc) is 3.20. The molecule has 8 nitrogen and oxygen atoms in total. The van der Waals surface area contributed by atoms with Crippen molar-refractivity contribution < 1.29 is 23.8 Å². The fourth-order valence-corrected chi connectivity index (χ4v) is 3.95. The highest BCUT2D eigenvalue weighted by Gasteiger charge is 2.24. The molecule has 1 N–H and O–H groups in total. The summed E-state index contributed by atoms with van der Waals surface area (Å²) in [6, 6.07) is 10.1. The van der Waals surface area contributed by atoms with Gasteiger partial charge < -0.3 is 19.5 Å². The van der Waals surface area contributed by atoms with E-state index >= 15 is 0 Å². The number of amides is 1. The van der Waals surface area contributed by atoms with E-state index < -0.39 is 12.0 Å². The molecular formula is C22H23N3O5S. The highest BCUT2D eigenvalue weighted by atomic mass is 32.1. The number of esters is 1. The first-order valence-electron chi connectivity index (χ1n) is 9.45. The Hall–Kier alpha value is -3.46. The van der Waals surface area contributed by atoms with Crippen molar-refractivity contribution >= 4 is 23.2 Å². The van der Waals surface area contributed by atoms with Gasteiger partial charge >= 0.3 is 5.97 Å². The third kappa shape index (κ3) is 5.18. The Bertz CT molecular complexity index is 1070. The Labute approximate surface area is 184 Å². The number of hydrogen-bond donors (Lipinski definition) is 1. The van der Waals surface area contributed by atoms with Crippen molar-refractivity contribution in [3.8, 4) is 22.2 Å². The topological polar surface area (TPSA) is 99.6 Å². The van der Waals surface area contributed by atoms with E-state index in [1.165, 1.54) is 32.7 Å². The van der Waals surface area contributed by atoms with Crippen molar-refractivity contribution in [2.24, 2.45) is 0 Å². The fourth-order valence-electron chi connectivity index (χ4n) is 3.00. The van der Waals surface area contributed by atoms with E-state index in [9.17, 15) is 9.59 Å². The number of nitrogens with one attached hydrogen (secondary N) is 1. The third-order valence-corrected chi connectivity index (χ3v) is 5.78. The van der Waals surface area contributed by atoms with Crippen LogP contribution in [0.2, 0.25) is 0 Å². The number of rotatable bonds is 8. The molecule has 1 amide bonds. The number of thiazole rings is 1. The molecule has 0 bridgehead atoms. The van der Waals surface area contributed by atoms with Gasteiger partial charge in [0.15, 0.2) is 11.5 Å². The maximum absolute atomic E-state index is 13.1. The van der Waals surface area contributed by atoms with Crippen molar-refractivity contribution in [2.75, 3.05) is 21.3 Å². The summed E-state index contributed by atoms with van der Waals surface area (Å²) in [5.41, 5.74) is 1.97. The largest absolute Gasteiger partial charge is 0.493 e. The van der Waals surface area contributed by atoms with Crippen molar-refractivity contribution in [2.45, 2.75) is 19.4 Å². The first-order chi connectivity index (χ1) is 15.0. The average molecular weight is 442 g/mol. The summed E-state index contributed by atoms with van der Waals surface area (Å²) in [4.78, 5) is 34.3. The van der Waals surface area contributed by atoms with E-state index in [2.05, 4.69) is 15.3 Å². The van der Waals surface area contributed by atoms with Crippen LogP contribution in [0.4, 0.5) is 0 Å². The minimum absolute atomic E-state index is 0.0390. The van der Waals surface area contributed by atoms with Crippen LogP contribution in [0.25, 0.3) is 10.7 Å². The van der Waals surface area contributed by atoms with E-state index in [1.807, 2.05) is 18.2 Å². The fraction of sp³-hybridized carbons (Fsp3) is 0.273. The predicted octanol–water partition coefficient (Wildman–Crippen LogP) is 3.56. The van der Waals surface area contributed by atoms with Gasteiger partial charge in [0.2, 0.25) is 0 Å². The smallest absolute Gasteiger partial charge is 0.307 e. The second-order valence-electron chi connectivity index (χ2n) is 6.57. The molecule has 0 radical (unpaired) electrons. The zero-order valence-electron chi connectivity index (χ0n) is 17.7. The highest BCUT2D eigenvalue weighted by molar-refractivity contribution is 7.17. The highest BCUT2D eigenvalue weighted by Crippen LogP contribution is 2.32. The van der Waals surface area contributed by atoms with Gasteiger partial charge in [-0.3, -0.25) is 14.6 Å². The van der Waals surface area contributed by atoms with Crippen LogP contribution in [0.15, 0.2) is 42.6 Å². The number of methoxy groups -OCH3 is 3. The molecule has 2 aromatic heterocycles. The zero-order valence-corrected chi connectivity index (χ0v) is 18.5. The van der Waals surface area contributed by atoms with Crippen LogP contribution in [0.3, 0.4) is 0 Å². The predicted molar refractivity (Wildman–Crippen MR) is 116 cm³/mol. The molecular weight excluding hydrogens is 418 g/mol. The first kappa shape index (κ1) is 22.2. The second kappa shape index (κ2) is 10.0. The van der Waals surface area contributed by atoms with E-state index in [-0.39, 0.29) is 12.3 Å². The van der Waals surface area contributed by atoms with E-state index in [0.29, 0.717) is 38.3 Å². The van der Waals surface area contributed by atoms with Crippen molar-refractivity contribution in [1.29, 1.82) is 0 Å². The molecule has 3 aromatic rings. The SMILES string of the molecule is COC(=O)CC(NC(=O)c1sc(-c2ccccn2)nc1C)c1ccc(OC)c(OC)c1. The molecule has 3 rings (SSSR count). The van der Waals surface area contributed by atoms with Crippen LogP contribution in [-0.4, -0.2) is 43.2 Å². The summed E-state index contributed by atoms with van der Waals surface area (Å²) in [7, 11) is 4.37. The van der Waals surface area contributed by atoms with Crippen molar-refractivity contribution in [1.82, 2.24) is 15.3 Å². The molecule has 0 aliphatic carbocycles. The number of aromatic nitrogens is 2. The molecule has 31 heavy (non-hydrogen) atoms. The summed E-state index contributed by atoms with van der Waals surface area (Å²) < 4.78 is 15.4. The maximum Gasteiger partial charge on any atom is 0.307 e. The van der Waals surface area contributed by atoms with Gasteiger partial charge in [0.25, 0.3) is 5.91 Å². The lowest BCUT2D eigenvalue weighted by atomic mass is 10.0. The van der Waals surface area contributed by atoms with Gasteiger partial charge in [-0.25, -0.2) is 4.98 Å². The summed E-state index contributed by atoms with van der Waals surface area (Å²) in [5.74, 6) is 0.263. The molecule has 9 heteroatoms. The third-order valence-electron chi connectivity index (χ3n) is 4.60. The van der Waals surface area contributed by atoms with Crippen LogP contribution < -0.4 is 14.8 Å². The van der Waals surface area contributed by atoms with Crippen LogP contribution in [-0.2, 0) is 9.53 Å². The van der Waals surface area contributed by atoms with Crippen LogP contribution in [0, 0.1) is 6.92 Å². The molecule has 0 aliphatic heterocycles. The quantitative estimate of drug-likeness (QED) is 0.534. The standard InChI is InChI=1S/C22H23N3O5S/c1-13-20(31-22(24-13)15-7-5-6-10-23-15)21(27)25-16(12-19(26)30-4)14-8-9-17(28-2)18(11-14)29-3/h5-11,16H,12H2,1-4H3,(H,25,27). The zero-order chi connectivity index (χ0) is 22.4. The number of aryl methyl sites for hydroxylation is 1. The monoisotopic (exact) mass is 441 g/mol. The van der Waals surface area contributed by atoms with Crippen molar-refractivity contribution in [3.63, 3.8) is 0 Å². The van der Waals surface area contributed by atoms with Crippen LogP contribution in [0.5, 0.6) is 11.5 Å². The van der Waals surface area contributed by atoms with E-state index in [1.54, 1.807) is 31.3 Å². The number of benzene rings is 1. The molecule has 0 aliphatic rings. The molecule has 0 saturated carbocycles. The number of hydrogen-bond acceptors (Lipinski definition) is 8. The van der Waals surface area contributed by atoms with Gasteiger partial charge in [0, 0.05) is 6.20 Å². The Kier molecular flexibility index (Phi) is 7.19. The van der Waals surface area contributed by atoms with Gasteiger partial charge in [-0.2, -0.15) is 0 Å². The number of pyridine rings is 1. The Balaban J connectivity index is 1.89. The van der Waals surface area contributed by atoms with E-state index in [0.717, 1.165) is 0 Å². The molecule has 0 saturated heterocycles. The molecule has 2 heterocycles. The Morgan fingerprint density at radius 3 is 2.52 bits per heavy atom. The maximum atomic E-state index is 13.1. The van der Waals surface area contributed by atoms with Gasteiger partial charge in [-0.1, -0.05) is 12.1 Å². The summed E-state index contributed by atoms with van der Waals surface area (Å²) >= 11 is 1.25. The normalized spacial score (nSPS) is 11.5. The second-order valence-corrected chi connectivity index (χ2v) is 7.57. The van der Waals surface area contributed by atoms with Crippen LogP contribution >= 0.6 is 11.3 Å². The summed E-state index contributed by atoms with van der Waals surface area (Å²) in [5, 5.41) is 3.57. The summed E-state index contributed by atoms with van der Waals surface area (Å²) in [6.07, 6.45) is 1.64. The first-order valence-corrected chi connectivity index (χ1v) is 10.3. The minimum Gasteiger partial charge on any atom is -0.493 e. The lowest BCUT2D eigenvalue weighted by Crippen LogP contribution is -2.30. The number of ether oxygens (including phenoxy) is 3. The molecule has 1 atom stereocenters. The molecule has 1 unspecified atom stereocenters. The van der Waals surface area contributed by atoms with E-state index in [4.69, 9.17) is 14.2 Å². The molecule has 1 aromatic carbocycles. The lowest BCUT2D eigenvalue weighted by molar-refractivity contribution is -0.141. The summed E-state index contributed by atoms with van der Waals surface area (Å²) in [6.45, 7) is 1.77. The molecule has 0 spiro atoms. The van der Waals surface area contributed by atoms with Gasteiger partial charge in [-0.15, -0.1) is 11.3 Å². The van der Waals surface area contributed by atoms with Crippen LogP contribution in [0.1, 0.15) is 33.4 Å². The number of carbonyl (C=O) groups excluding carboxylic acids is 2. The lowest BCUT2D eigenvalue weighted by Gasteiger charge is -2.19. The van der Waals surface area contributed by atoms with Gasteiger partial charge in [-0.05, 0) is 36.8 Å². The molecule has 162 valence electrons. The van der Waals surface area contributed by atoms with Gasteiger partial charge in [0.1, 0.15) is 9.88 Å². The Morgan fingerprint density at radius 2 is 1.87 bits per heavy atom. The van der Waals surface area contributed by atoms with Gasteiger partial charge in [0.05, 0.1) is 45.2 Å².